The second-order valence-corrected chi connectivity index (χ2v) is 4.50. The molecule has 0 fully saturated rings. The summed E-state index contributed by atoms with van der Waals surface area (Å²) >= 11 is 0. The fraction of sp³-hybridized carbons (Fsp3) is 0.667. The fourth-order valence-electron chi connectivity index (χ4n) is 2.04. The van der Waals surface area contributed by atoms with Crippen LogP contribution in [0.25, 0.3) is 0 Å². The summed E-state index contributed by atoms with van der Waals surface area (Å²) in [5, 5.41) is 0. The molecule has 0 aromatic rings. The van der Waals surface area contributed by atoms with Crippen molar-refractivity contribution in [1.29, 1.82) is 0 Å². The molecule has 0 saturated carbocycles. The maximum Gasteiger partial charge on any atom is 0.333 e. The summed E-state index contributed by atoms with van der Waals surface area (Å²) in [6.45, 7) is 2.31. The molecule has 0 amide bonds. The topological polar surface area (TPSA) is 26.3 Å². The molecule has 1 aliphatic rings. The summed E-state index contributed by atoms with van der Waals surface area (Å²) < 4.78 is 5.06. The van der Waals surface area contributed by atoms with Crippen LogP contribution < -0.4 is 0 Å². The van der Waals surface area contributed by atoms with Crippen molar-refractivity contribution < 1.29 is 9.53 Å². The third kappa shape index (κ3) is 6.30. The molecule has 0 radical (unpaired) electrons. The Hall–Kier alpha value is -1.05. The van der Waals surface area contributed by atoms with Crippen LogP contribution in [0.4, 0.5) is 0 Å². The minimum atomic E-state index is -0.144. The van der Waals surface area contributed by atoms with Crippen molar-refractivity contribution in [3.8, 4) is 0 Å². The summed E-state index contributed by atoms with van der Waals surface area (Å²) in [6, 6.07) is 0. The van der Waals surface area contributed by atoms with E-state index in [1.165, 1.54) is 32.1 Å². The Kier molecular flexibility index (Phi) is 7.44. The number of ether oxygens (including phenoxy) is 1. The van der Waals surface area contributed by atoms with Crippen molar-refractivity contribution in [2.24, 2.45) is 0 Å². The summed E-state index contributed by atoms with van der Waals surface area (Å²) in [5.41, 5.74) is 0.823. The maximum absolute atomic E-state index is 11.7. The van der Waals surface area contributed by atoms with E-state index in [9.17, 15) is 4.79 Å². The number of carbonyl (C=O) groups excluding carboxylic acids is 1. The third-order valence-electron chi connectivity index (χ3n) is 3.04. The Balaban J connectivity index is 2.57. The van der Waals surface area contributed by atoms with E-state index in [2.05, 4.69) is 6.08 Å². The van der Waals surface area contributed by atoms with E-state index < -0.39 is 0 Å². The number of carbonyl (C=O) groups is 1. The summed E-state index contributed by atoms with van der Waals surface area (Å²) in [7, 11) is 0. The SMILES string of the molecule is CCOC(=O)C1=CC=CCCCCCCCC1. The highest BCUT2D eigenvalue weighted by molar-refractivity contribution is 5.88. The highest BCUT2D eigenvalue weighted by Gasteiger charge is 2.09. The van der Waals surface area contributed by atoms with Crippen molar-refractivity contribution in [3.05, 3.63) is 23.8 Å². The van der Waals surface area contributed by atoms with Gasteiger partial charge in [0.15, 0.2) is 0 Å². The number of allylic oxidation sites excluding steroid dienone is 3. The minimum absolute atomic E-state index is 0.144. The molecule has 2 heteroatoms. The summed E-state index contributed by atoms with van der Waals surface area (Å²) in [6.07, 6.45) is 15.6. The van der Waals surface area contributed by atoms with Crippen LogP contribution in [0.5, 0.6) is 0 Å². The number of hydrogen-bond acceptors (Lipinski definition) is 2. The van der Waals surface area contributed by atoms with Crippen molar-refractivity contribution in [2.45, 2.75) is 58.3 Å². The van der Waals surface area contributed by atoms with E-state index in [4.69, 9.17) is 4.74 Å². The second-order valence-electron chi connectivity index (χ2n) is 4.50. The van der Waals surface area contributed by atoms with E-state index in [1.807, 2.05) is 19.1 Å². The van der Waals surface area contributed by atoms with E-state index in [-0.39, 0.29) is 5.97 Å². The molecule has 0 aromatic heterocycles. The molecule has 96 valence electrons. The lowest BCUT2D eigenvalue weighted by Gasteiger charge is -2.07. The molecule has 0 unspecified atom stereocenters. The van der Waals surface area contributed by atoms with Gasteiger partial charge in [0.25, 0.3) is 0 Å². The fourth-order valence-corrected chi connectivity index (χ4v) is 2.04. The average Bonchev–Trinajstić information content (AvgIpc) is 2.30. The number of hydrogen-bond donors (Lipinski definition) is 0. The zero-order valence-corrected chi connectivity index (χ0v) is 10.9. The lowest BCUT2D eigenvalue weighted by atomic mass is 10.0. The summed E-state index contributed by atoms with van der Waals surface area (Å²) in [4.78, 5) is 11.7. The first kappa shape index (κ1) is 14.0. The standard InChI is InChI=1S/C15H24O2/c1-2-17-15(16)14-12-10-8-6-4-3-5-7-9-11-13-14/h8,10,12H,2-7,9,11,13H2,1H3. The Morgan fingerprint density at radius 1 is 1.18 bits per heavy atom. The van der Waals surface area contributed by atoms with Gasteiger partial charge in [-0.25, -0.2) is 4.79 Å². The molecule has 17 heavy (non-hydrogen) atoms. The Bertz CT molecular complexity index is 277. The Labute approximate surface area is 105 Å². The van der Waals surface area contributed by atoms with Crippen molar-refractivity contribution in [3.63, 3.8) is 0 Å². The van der Waals surface area contributed by atoms with E-state index in [0.717, 1.165) is 24.8 Å². The number of rotatable bonds is 2. The average molecular weight is 236 g/mol. The molecule has 0 bridgehead atoms. The zero-order chi connectivity index (χ0) is 12.3. The van der Waals surface area contributed by atoms with Crippen LogP contribution in [0.2, 0.25) is 0 Å². The van der Waals surface area contributed by atoms with Gasteiger partial charge in [0.05, 0.1) is 6.61 Å². The highest BCUT2D eigenvalue weighted by atomic mass is 16.5. The van der Waals surface area contributed by atoms with Gasteiger partial charge in [0.1, 0.15) is 0 Å². The minimum Gasteiger partial charge on any atom is -0.463 e. The van der Waals surface area contributed by atoms with Crippen LogP contribution in [0.1, 0.15) is 58.3 Å². The lowest BCUT2D eigenvalue weighted by Crippen LogP contribution is -2.07. The monoisotopic (exact) mass is 236 g/mol. The molecule has 0 saturated heterocycles. The van der Waals surface area contributed by atoms with Gasteiger partial charge in [-0.15, -0.1) is 0 Å². The Morgan fingerprint density at radius 2 is 1.88 bits per heavy atom. The first-order valence-corrected chi connectivity index (χ1v) is 6.87. The largest absolute Gasteiger partial charge is 0.463 e. The quantitative estimate of drug-likeness (QED) is 0.673. The van der Waals surface area contributed by atoms with Crippen LogP contribution in [0, 0.1) is 0 Å². The van der Waals surface area contributed by atoms with Crippen LogP contribution in [0.3, 0.4) is 0 Å². The van der Waals surface area contributed by atoms with Crippen molar-refractivity contribution >= 4 is 5.97 Å². The highest BCUT2D eigenvalue weighted by Crippen LogP contribution is 2.15. The van der Waals surface area contributed by atoms with Crippen LogP contribution in [0.15, 0.2) is 23.8 Å². The smallest absolute Gasteiger partial charge is 0.333 e. The molecule has 0 atom stereocenters. The van der Waals surface area contributed by atoms with Gasteiger partial charge in [0.2, 0.25) is 0 Å². The van der Waals surface area contributed by atoms with Crippen LogP contribution >= 0.6 is 0 Å². The first-order valence-electron chi connectivity index (χ1n) is 6.87. The van der Waals surface area contributed by atoms with Gasteiger partial charge in [0, 0.05) is 5.57 Å². The predicted octanol–water partition coefficient (Wildman–Crippen LogP) is 4.17. The third-order valence-corrected chi connectivity index (χ3v) is 3.04. The normalized spacial score (nSPS) is 18.8. The lowest BCUT2D eigenvalue weighted by molar-refractivity contribution is -0.138. The maximum atomic E-state index is 11.7. The molecule has 0 heterocycles. The summed E-state index contributed by atoms with van der Waals surface area (Å²) in [5.74, 6) is -0.144. The van der Waals surface area contributed by atoms with E-state index in [1.54, 1.807) is 0 Å². The molecule has 0 aliphatic heterocycles. The van der Waals surface area contributed by atoms with Gasteiger partial charge >= 0.3 is 5.97 Å². The van der Waals surface area contributed by atoms with Crippen molar-refractivity contribution in [2.75, 3.05) is 6.61 Å². The molecule has 0 aromatic carbocycles. The van der Waals surface area contributed by atoms with Gasteiger partial charge in [-0.2, -0.15) is 0 Å². The zero-order valence-electron chi connectivity index (χ0n) is 10.9. The molecule has 0 spiro atoms. The van der Waals surface area contributed by atoms with Crippen molar-refractivity contribution in [1.82, 2.24) is 0 Å². The molecular formula is C15H24O2. The second kappa shape index (κ2) is 9.03. The number of esters is 1. The molecule has 1 aliphatic carbocycles. The van der Waals surface area contributed by atoms with Gasteiger partial charge in [-0.3, -0.25) is 0 Å². The molecule has 1 rings (SSSR count). The molecule has 0 N–H and O–H groups in total. The van der Waals surface area contributed by atoms with E-state index >= 15 is 0 Å². The molecular weight excluding hydrogens is 212 g/mol. The molecule has 2 nitrogen and oxygen atoms in total. The predicted molar refractivity (Wildman–Crippen MR) is 70.8 cm³/mol. The van der Waals surface area contributed by atoms with Gasteiger partial charge in [-0.05, 0) is 32.6 Å². The Morgan fingerprint density at radius 3 is 2.65 bits per heavy atom. The van der Waals surface area contributed by atoms with Crippen LogP contribution in [-0.2, 0) is 9.53 Å². The van der Waals surface area contributed by atoms with Crippen LogP contribution in [-0.4, -0.2) is 12.6 Å². The van der Waals surface area contributed by atoms with Gasteiger partial charge in [-0.1, -0.05) is 43.9 Å². The van der Waals surface area contributed by atoms with Gasteiger partial charge < -0.3 is 4.74 Å². The first-order chi connectivity index (χ1) is 8.34. The van der Waals surface area contributed by atoms with E-state index in [0.29, 0.717) is 6.61 Å².